The van der Waals surface area contributed by atoms with E-state index in [0.29, 0.717) is 11.3 Å². The van der Waals surface area contributed by atoms with Crippen molar-refractivity contribution in [3.63, 3.8) is 0 Å². The predicted molar refractivity (Wildman–Crippen MR) is 48.0 cm³/mol. The van der Waals surface area contributed by atoms with Crippen LogP contribution in [-0.4, -0.2) is 16.7 Å². The van der Waals surface area contributed by atoms with Gasteiger partial charge in [-0.3, -0.25) is 14.5 Å². The summed E-state index contributed by atoms with van der Waals surface area (Å²) in [5.74, 6) is 0.0881. The van der Waals surface area contributed by atoms with Gasteiger partial charge in [0.25, 0.3) is 11.8 Å². The average Bonchev–Trinajstić information content (AvgIpc) is 2.71. The summed E-state index contributed by atoms with van der Waals surface area (Å²) in [7, 11) is 0. The molecule has 0 spiro atoms. The van der Waals surface area contributed by atoms with Gasteiger partial charge in [-0.05, 0) is 19.1 Å². The third kappa shape index (κ3) is 1.35. The van der Waals surface area contributed by atoms with Gasteiger partial charge < -0.3 is 4.42 Å². The van der Waals surface area contributed by atoms with Crippen molar-refractivity contribution in [3.05, 3.63) is 35.8 Å². The zero-order valence-electron chi connectivity index (χ0n) is 7.69. The van der Waals surface area contributed by atoms with Crippen LogP contribution in [0.1, 0.15) is 12.7 Å². The Bertz CT molecular complexity index is 403. The van der Waals surface area contributed by atoms with Crippen LogP contribution in [0.25, 0.3) is 0 Å². The van der Waals surface area contributed by atoms with Crippen LogP contribution in [0.5, 0.6) is 0 Å². The first-order valence-electron chi connectivity index (χ1n) is 4.25. The molecular weight excluding hydrogens is 182 g/mol. The molecule has 0 aliphatic carbocycles. The Kier molecular flexibility index (Phi) is 1.96. The maximum atomic E-state index is 11.4. The fourth-order valence-corrected chi connectivity index (χ4v) is 1.35. The standard InChI is InChI=1S/C10H9NO3/c1-7-5-9(12)11(10(7)13)6-8-3-2-4-14-8/h2-5H,6H2,1H3. The molecule has 72 valence electrons. The van der Waals surface area contributed by atoms with Gasteiger partial charge >= 0.3 is 0 Å². The number of imide groups is 1. The van der Waals surface area contributed by atoms with E-state index in [1.807, 2.05) is 0 Å². The molecule has 0 saturated heterocycles. The molecular formula is C10H9NO3. The highest BCUT2D eigenvalue weighted by Crippen LogP contribution is 2.15. The van der Waals surface area contributed by atoms with Gasteiger partial charge in [0, 0.05) is 11.6 Å². The molecule has 1 aliphatic heterocycles. The van der Waals surface area contributed by atoms with Crippen LogP contribution in [0.4, 0.5) is 0 Å². The minimum absolute atomic E-state index is 0.207. The second kappa shape index (κ2) is 3.14. The summed E-state index contributed by atoms with van der Waals surface area (Å²) in [5.41, 5.74) is 0.474. The average molecular weight is 191 g/mol. The SMILES string of the molecule is CC1=CC(=O)N(Cc2ccco2)C1=O. The first-order chi connectivity index (χ1) is 6.68. The number of carbonyl (C=O) groups is 2. The van der Waals surface area contributed by atoms with Crippen molar-refractivity contribution in [1.82, 2.24) is 4.90 Å². The molecule has 0 bridgehead atoms. The highest BCUT2D eigenvalue weighted by molar-refractivity contribution is 6.15. The van der Waals surface area contributed by atoms with E-state index in [0.717, 1.165) is 4.90 Å². The fraction of sp³-hybridized carbons (Fsp3) is 0.200. The summed E-state index contributed by atoms with van der Waals surface area (Å²) >= 11 is 0. The molecule has 1 aliphatic rings. The highest BCUT2D eigenvalue weighted by atomic mass is 16.3. The van der Waals surface area contributed by atoms with Gasteiger partial charge in [0.05, 0.1) is 12.8 Å². The topological polar surface area (TPSA) is 50.5 Å². The molecule has 1 aromatic heterocycles. The lowest BCUT2D eigenvalue weighted by Crippen LogP contribution is -2.29. The van der Waals surface area contributed by atoms with Crippen molar-refractivity contribution in [2.75, 3.05) is 0 Å². The molecule has 0 radical (unpaired) electrons. The molecule has 0 fully saturated rings. The van der Waals surface area contributed by atoms with Gasteiger partial charge in [0.2, 0.25) is 0 Å². The Morgan fingerprint density at radius 3 is 2.71 bits per heavy atom. The van der Waals surface area contributed by atoms with E-state index in [9.17, 15) is 9.59 Å². The van der Waals surface area contributed by atoms with Crippen LogP contribution in [0.2, 0.25) is 0 Å². The number of hydrogen-bond donors (Lipinski definition) is 0. The minimum atomic E-state index is -0.274. The largest absolute Gasteiger partial charge is 0.467 e. The van der Waals surface area contributed by atoms with Crippen molar-refractivity contribution >= 4 is 11.8 Å². The van der Waals surface area contributed by atoms with Crippen LogP contribution < -0.4 is 0 Å². The molecule has 4 nitrogen and oxygen atoms in total. The monoisotopic (exact) mass is 191 g/mol. The number of rotatable bonds is 2. The predicted octanol–water partition coefficient (Wildman–Crippen LogP) is 1.09. The van der Waals surface area contributed by atoms with Crippen molar-refractivity contribution in [1.29, 1.82) is 0 Å². The van der Waals surface area contributed by atoms with Gasteiger partial charge in [0.1, 0.15) is 5.76 Å². The molecule has 0 aromatic carbocycles. The normalized spacial score (nSPS) is 16.4. The van der Waals surface area contributed by atoms with Crippen molar-refractivity contribution in [3.8, 4) is 0 Å². The van der Waals surface area contributed by atoms with E-state index in [4.69, 9.17) is 4.42 Å². The summed E-state index contributed by atoms with van der Waals surface area (Å²) in [5, 5.41) is 0. The molecule has 0 unspecified atom stereocenters. The van der Waals surface area contributed by atoms with Crippen LogP contribution in [0, 0.1) is 0 Å². The van der Waals surface area contributed by atoms with Crippen molar-refractivity contribution in [2.45, 2.75) is 13.5 Å². The maximum Gasteiger partial charge on any atom is 0.256 e. The van der Waals surface area contributed by atoms with Crippen molar-refractivity contribution < 1.29 is 14.0 Å². The van der Waals surface area contributed by atoms with E-state index in [-0.39, 0.29) is 18.4 Å². The zero-order chi connectivity index (χ0) is 10.1. The molecule has 2 heterocycles. The summed E-state index contributed by atoms with van der Waals surface area (Å²) in [6.45, 7) is 1.83. The quantitative estimate of drug-likeness (QED) is 0.657. The number of amides is 2. The first-order valence-corrected chi connectivity index (χ1v) is 4.25. The number of furan rings is 1. The van der Waals surface area contributed by atoms with Gasteiger partial charge in [0.15, 0.2) is 0 Å². The van der Waals surface area contributed by atoms with Crippen LogP contribution in [-0.2, 0) is 16.1 Å². The summed E-state index contributed by atoms with van der Waals surface area (Å²) < 4.78 is 5.06. The Hall–Kier alpha value is -1.84. The summed E-state index contributed by atoms with van der Waals surface area (Å²) in [4.78, 5) is 23.9. The highest BCUT2D eigenvalue weighted by Gasteiger charge is 2.28. The molecule has 1 aromatic rings. The smallest absolute Gasteiger partial charge is 0.256 e. The van der Waals surface area contributed by atoms with Gasteiger partial charge in [-0.1, -0.05) is 0 Å². The molecule has 4 heteroatoms. The van der Waals surface area contributed by atoms with E-state index in [1.54, 1.807) is 19.1 Å². The Morgan fingerprint density at radius 2 is 2.21 bits per heavy atom. The van der Waals surface area contributed by atoms with E-state index >= 15 is 0 Å². The molecule has 0 N–H and O–H groups in total. The number of carbonyl (C=O) groups excluding carboxylic acids is 2. The second-order valence-corrected chi connectivity index (χ2v) is 3.14. The zero-order valence-corrected chi connectivity index (χ0v) is 7.69. The van der Waals surface area contributed by atoms with Crippen LogP contribution >= 0.6 is 0 Å². The van der Waals surface area contributed by atoms with Crippen molar-refractivity contribution in [2.24, 2.45) is 0 Å². The van der Waals surface area contributed by atoms with E-state index in [1.165, 1.54) is 12.3 Å². The first kappa shape index (κ1) is 8.74. The summed E-state index contributed by atoms with van der Waals surface area (Å²) in [6.07, 6.45) is 2.85. The molecule has 14 heavy (non-hydrogen) atoms. The number of hydrogen-bond acceptors (Lipinski definition) is 3. The number of nitrogens with zero attached hydrogens (tertiary/aromatic N) is 1. The fourth-order valence-electron chi connectivity index (χ4n) is 1.35. The van der Waals surface area contributed by atoms with Gasteiger partial charge in [-0.2, -0.15) is 0 Å². The Balaban J connectivity index is 2.15. The lowest BCUT2D eigenvalue weighted by molar-refractivity contribution is -0.138. The lowest BCUT2D eigenvalue weighted by atomic mass is 10.3. The Labute approximate surface area is 80.8 Å². The van der Waals surface area contributed by atoms with E-state index in [2.05, 4.69) is 0 Å². The lowest BCUT2D eigenvalue weighted by Gasteiger charge is -2.11. The van der Waals surface area contributed by atoms with Gasteiger partial charge in [-0.15, -0.1) is 0 Å². The van der Waals surface area contributed by atoms with Gasteiger partial charge in [-0.25, -0.2) is 0 Å². The maximum absolute atomic E-state index is 11.4. The molecule has 0 atom stereocenters. The van der Waals surface area contributed by atoms with E-state index < -0.39 is 0 Å². The molecule has 0 saturated carbocycles. The Morgan fingerprint density at radius 1 is 1.43 bits per heavy atom. The van der Waals surface area contributed by atoms with Crippen LogP contribution in [0.15, 0.2) is 34.5 Å². The third-order valence-electron chi connectivity index (χ3n) is 2.08. The second-order valence-electron chi connectivity index (χ2n) is 3.14. The molecule has 2 rings (SSSR count). The minimum Gasteiger partial charge on any atom is -0.467 e. The molecule has 2 amide bonds. The van der Waals surface area contributed by atoms with Crippen LogP contribution in [0.3, 0.4) is 0 Å². The summed E-state index contributed by atoms with van der Waals surface area (Å²) in [6, 6.07) is 3.45. The third-order valence-corrected chi connectivity index (χ3v) is 2.08.